The zero-order valence-corrected chi connectivity index (χ0v) is 30.6. The van der Waals surface area contributed by atoms with Gasteiger partial charge in [-0.15, -0.1) is 0 Å². The van der Waals surface area contributed by atoms with Crippen molar-refractivity contribution >= 4 is 48.8 Å². The Balaban J connectivity index is 1.55. The molecule has 0 radical (unpaired) electrons. The fourth-order valence-electron chi connectivity index (χ4n) is 6.16. The lowest BCUT2D eigenvalue weighted by Crippen LogP contribution is -2.22. The van der Waals surface area contributed by atoms with Crippen LogP contribution in [0, 0.1) is 6.92 Å². The number of benzene rings is 4. The van der Waals surface area contributed by atoms with Gasteiger partial charge in [-0.05, 0) is 110 Å². The summed E-state index contributed by atoms with van der Waals surface area (Å²) >= 11 is 6.83. The molecule has 0 N–H and O–H groups in total. The molecule has 1 aliphatic carbocycles. The highest BCUT2D eigenvalue weighted by atomic mass is 35.5. The summed E-state index contributed by atoms with van der Waals surface area (Å²) in [6, 6.07) is 26.2. The quantitative estimate of drug-likeness (QED) is 0.116. The number of anilines is 1. The van der Waals surface area contributed by atoms with Gasteiger partial charge in [-0.25, -0.2) is 21.4 Å². The van der Waals surface area contributed by atoms with Gasteiger partial charge in [0.15, 0.2) is 12.3 Å². The van der Waals surface area contributed by atoms with Crippen LogP contribution < -0.4 is 4.90 Å². The second kappa shape index (κ2) is 15.3. The smallest absolute Gasteiger partial charge is 0.200 e. The molecular weight excluding hydrogens is 692 g/mol. The van der Waals surface area contributed by atoms with Crippen LogP contribution in [0.25, 0.3) is 5.57 Å². The summed E-state index contributed by atoms with van der Waals surface area (Å²) in [5, 5.41) is 0.612. The third kappa shape index (κ3) is 8.51. The first-order valence-electron chi connectivity index (χ1n) is 16.1. The molecular formula is C39H38ClN2O6S2-. The highest BCUT2D eigenvalue weighted by Crippen LogP contribution is 2.38. The van der Waals surface area contributed by atoms with Gasteiger partial charge in [0.25, 0.3) is 0 Å². The molecule has 4 aromatic rings. The van der Waals surface area contributed by atoms with E-state index in [0.29, 0.717) is 42.3 Å². The molecule has 0 bridgehead atoms. The summed E-state index contributed by atoms with van der Waals surface area (Å²) in [5.41, 5.74) is 9.19. The van der Waals surface area contributed by atoms with Gasteiger partial charge in [-0.1, -0.05) is 60.1 Å². The Morgan fingerprint density at radius 2 is 1.40 bits per heavy atom. The molecule has 0 amide bonds. The van der Waals surface area contributed by atoms with E-state index in [0.717, 1.165) is 44.8 Å². The van der Waals surface area contributed by atoms with Gasteiger partial charge in [0, 0.05) is 47.1 Å². The molecule has 50 heavy (non-hydrogen) atoms. The number of hydrogen-bond acceptors (Lipinski definition) is 7. The van der Waals surface area contributed by atoms with E-state index in [-0.39, 0.29) is 9.79 Å². The van der Waals surface area contributed by atoms with Crippen molar-refractivity contribution in [1.29, 1.82) is 0 Å². The zero-order valence-electron chi connectivity index (χ0n) is 28.3. The van der Waals surface area contributed by atoms with Gasteiger partial charge in [0.1, 0.15) is 26.8 Å². The van der Waals surface area contributed by atoms with E-state index in [9.17, 15) is 25.9 Å². The van der Waals surface area contributed by atoms with Crippen molar-refractivity contribution in [2.24, 2.45) is 0 Å². The van der Waals surface area contributed by atoms with Crippen molar-refractivity contribution < 1.29 is 30.5 Å². The Morgan fingerprint density at radius 3 is 1.98 bits per heavy atom. The lowest BCUT2D eigenvalue weighted by molar-refractivity contribution is -0.539. The van der Waals surface area contributed by atoms with Crippen LogP contribution in [0.15, 0.2) is 130 Å². The number of aryl methyl sites for hydroxylation is 1. The van der Waals surface area contributed by atoms with E-state index < -0.39 is 20.2 Å². The lowest BCUT2D eigenvalue weighted by Gasteiger charge is -2.26. The molecule has 0 saturated heterocycles. The Hall–Kier alpha value is -4.32. The maximum Gasteiger partial charge on any atom is 0.200 e. The van der Waals surface area contributed by atoms with E-state index in [1.54, 1.807) is 12.1 Å². The number of rotatable bonds is 11. The predicted octanol–water partition coefficient (Wildman–Crippen LogP) is 7.47. The highest BCUT2D eigenvalue weighted by Gasteiger charge is 2.22. The topological polar surface area (TPSA) is 121 Å². The Kier molecular flexibility index (Phi) is 11.3. The van der Waals surface area contributed by atoms with E-state index in [1.165, 1.54) is 24.3 Å². The average Bonchev–Trinajstić information content (AvgIpc) is 3.07. The minimum Gasteiger partial charge on any atom is -0.744 e. The number of halogens is 1. The third-order valence-corrected chi connectivity index (χ3v) is 10.7. The SMILES string of the molecule is CCN(Cc1cccc(S(=O)(=O)[O-])c1)c1ccc(/C(=C2/C=CC(=[N+](CC)Cc3cccc(S(=O)(=O)[O-])c3)C=C2C)c2ccccc2Cl)c(C)c1. The summed E-state index contributed by atoms with van der Waals surface area (Å²) in [4.78, 5) is 1.62. The molecule has 260 valence electrons. The summed E-state index contributed by atoms with van der Waals surface area (Å²) in [5.74, 6) is 0. The van der Waals surface area contributed by atoms with Crippen molar-refractivity contribution in [3.8, 4) is 0 Å². The molecule has 0 aromatic heterocycles. The van der Waals surface area contributed by atoms with Gasteiger partial charge >= 0.3 is 0 Å². The van der Waals surface area contributed by atoms with Gasteiger partial charge in [-0.2, -0.15) is 0 Å². The summed E-state index contributed by atoms with van der Waals surface area (Å²) in [7, 11) is -9.12. The first kappa shape index (κ1) is 36.9. The minimum absolute atomic E-state index is 0.246. The van der Waals surface area contributed by atoms with Gasteiger partial charge in [-0.3, -0.25) is 0 Å². The molecule has 5 rings (SSSR count). The van der Waals surface area contributed by atoms with Crippen LogP contribution >= 0.6 is 11.6 Å². The first-order chi connectivity index (χ1) is 23.7. The van der Waals surface area contributed by atoms with Crippen LogP contribution in [0.2, 0.25) is 5.02 Å². The van der Waals surface area contributed by atoms with Crippen molar-refractivity contribution in [3.05, 3.63) is 153 Å². The molecule has 8 nitrogen and oxygen atoms in total. The maximum absolute atomic E-state index is 11.6. The fraction of sp³-hybridized carbons (Fsp3) is 0.205. The van der Waals surface area contributed by atoms with Gasteiger partial charge in [0.05, 0.1) is 9.79 Å². The summed E-state index contributed by atoms with van der Waals surface area (Å²) < 4.78 is 71.8. The molecule has 11 heteroatoms. The zero-order chi connectivity index (χ0) is 36.2. The van der Waals surface area contributed by atoms with Crippen LogP contribution in [-0.4, -0.2) is 49.3 Å². The summed E-state index contributed by atoms with van der Waals surface area (Å²) in [6.45, 7) is 10.3. The van der Waals surface area contributed by atoms with Crippen molar-refractivity contribution in [3.63, 3.8) is 0 Å². The van der Waals surface area contributed by atoms with E-state index in [2.05, 4.69) is 33.8 Å². The van der Waals surface area contributed by atoms with E-state index in [1.807, 2.05) is 76.2 Å². The predicted molar refractivity (Wildman–Crippen MR) is 197 cm³/mol. The van der Waals surface area contributed by atoms with Crippen LogP contribution in [-0.2, 0) is 33.3 Å². The normalized spacial score (nSPS) is 15.5. The molecule has 0 spiro atoms. The molecule has 0 aliphatic heterocycles. The lowest BCUT2D eigenvalue weighted by atomic mass is 9.85. The van der Waals surface area contributed by atoms with E-state index >= 15 is 0 Å². The van der Waals surface area contributed by atoms with Crippen molar-refractivity contribution in [2.75, 3.05) is 18.0 Å². The van der Waals surface area contributed by atoms with Crippen molar-refractivity contribution in [1.82, 2.24) is 0 Å². The Labute approximate surface area is 299 Å². The maximum atomic E-state index is 11.6. The largest absolute Gasteiger partial charge is 0.744 e. The third-order valence-electron chi connectivity index (χ3n) is 8.72. The van der Waals surface area contributed by atoms with Crippen LogP contribution in [0.3, 0.4) is 0 Å². The van der Waals surface area contributed by atoms with Gasteiger partial charge < -0.3 is 14.0 Å². The van der Waals surface area contributed by atoms with Crippen LogP contribution in [0.1, 0.15) is 48.6 Å². The second-order valence-corrected chi connectivity index (χ2v) is 15.3. The number of nitrogens with zero attached hydrogens (tertiary/aromatic N) is 2. The molecule has 0 unspecified atom stereocenters. The van der Waals surface area contributed by atoms with Crippen molar-refractivity contribution in [2.45, 2.75) is 50.6 Å². The number of hydrogen-bond donors (Lipinski definition) is 0. The molecule has 1 aliphatic rings. The monoisotopic (exact) mass is 729 g/mol. The standard InChI is InChI=1S/C39H39ClN2O6S2/c1-5-41(25-29-11-9-13-33(23-29)49(43,44)45)31-17-19-35(27(3)21-31)39(37-15-7-8-16-38(37)40)36-20-18-32(22-28(36)4)42(6-2)26-30-12-10-14-34(24-30)50(46,47)48/h7-24H,5-6,25-26H2,1-4H3,(H-,43,44,45,46,47,48)/p-1. The summed E-state index contributed by atoms with van der Waals surface area (Å²) in [6.07, 6.45) is 6.21. The van der Waals surface area contributed by atoms with Crippen LogP contribution in [0.4, 0.5) is 5.69 Å². The highest BCUT2D eigenvalue weighted by molar-refractivity contribution is 7.86. The van der Waals surface area contributed by atoms with Gasteiger partial charge in [0.2, 0.25) is 0 Å². The molecule has 0 fully saturated rings. The average molecular weight is 730 g/mol. The minimum atomic E-state index is -4.56. The Morgan fingerprint density at radius 1 is 0.760 bits per heavy atom. The first-order valence-corrected chi connectivity index (χ1v) is 19.3. The number of allylic oxidation sites excluding steroid dienone is 5. The van der Waals surface area contributed by atoms with E-state index in [4.69, 9.17) is 11.6 Å². The second-order valence-electron chi connectivity index (χ2n) is 12.1. The fourth-order valence-corrected chi connectivity index (χ4v) is 7.47. The molecule has 4 aromatic carbocycles. The molecule has 0 atom stereocenters. The molecule has 0 heterocycles. The molecule has 0 saturated carbocycles. The Bertz CT molecular complexity index is 2290. The van der Waals surface area contributed by atoms with Crippen LogP contribution in [0.5, 0.6) is 0 Å².